The predicted octanol–water partition coefficient (Wildman–Crippen LogP) is 13.6. The number of aromatic hydroxyl groups is 3. The first-order chi connectivity index (χ1) is 28.7. The Morgan fingerprint density at radius 2 is 0.619 bits per heavy atom. The van der Waals surface area contributed by atoms with Gasteiger partial charge in [0.2, 0.25) is 0 Å². The van der Waals surface area contributed by atoms with Gasteiger partial charge >= 0.3 is 0 Å². The van der Waals surface area contributed by atoms with Gasteiger partial charge in [-0.15, -0.1) is 16.6 Å². The second-order valence-electron chi connectivity index (χ2n) is 22.5. The maximum absolute atomic E-state index is 12.0. The molecular formula is C54H69N3O3Si3. The Bertz CT molecular complexity index is 2350. The monoisotopic (exact) mass is 891 g/mol. The molecule has 330 valence electrons. The number of aliphatic imine (C=N–C) groups is 3. The average Bonchev–Trinajstić information content (AvgIpc) is 3.13. The van der Waals surface area contributed by atoms with Crippen molar-refractivity contribution < 1.29 is 15.3 Å². The number of phenolic OH excluding ortho intramolecular Hbond substituents is 3. The van der Waals surface area contributed by atoms with E-state index in [1.165, 1.54) is 18.6 Å². The molecule has 6 nitrogen and oxygen atoms in total. The number of rotatable bonds is 6. The molecule has 0 aliphatic carbocycles. The van der Waals surface area contributed by atoms with E-state index < -0.39 is 41.5 Å². The van der Waals surface area contributed by atoms with E-state index >= 15 is 0 Å². The number of nitrogens with zero attached hydrogens (tertiary/aromatic N) is 3. The molecule has 0 heterocycles. The summed E-state index contributed by atoms with van der Waals surface area (Å²) in [5.74, 6) is 8.98. The highest BCUT2D eigenvalue weighted by molar-refractivity contribution is 6.84. The van der Waals surface area contributed by atoms with Crippen molar-refractivity contribution in [3.8, 4) is 51.6 Å². The molecule has 9 heteroatoms. The summed E-state index contributed by atoms with van der Waals surface area (Å²) >= 11 is 0. The van der Waals surface area contributed by atoms with E-state index in [-0.39, 0.29) is 32.9 Å². The van der Waals surface area contributed by atoms with Crippen LogP contribution in [0.3, 0.4) is 0 Å². The first-order valence-corrected chi connectivity index (χ1v) is 32.2. The summed E-state index contributed by atoms with van der Waals surface area (Å²) in [6, 6.07) is 18.0. The van der Waals surface area contributed by atoms with Crippen LogP contribution < -0.4 is 0 Å². The molecule has 4 aromatic rings. The lowest BCUT2D eigenvalue weighted by atomic mass is 9.86. The SMILES string of the molecule is CC(C)(C)c1ccc(N=Cc2c(O)c(C=Nc3ccc(C(C)(C)C)cc3C#C[Si](C)(C)C)c(O)c(C=Nc3ccc(C(C)(C)C)cc3C#C[Si](C)(C)C)c2O)c(C#C[Si](C)(C)C)c1. The fraction of sp³-hybridized carbons (Fsp3) is 0.389. The molecule has 63 heavy (non-hydrogen) atoms. The number of phenols is 3. The number of benzene rings is 4. The van der Waals surface area contributed by atoms with Crippen molar-refractivity contribution in [1.82, 2.24) is 0 Å². The molecule has 4 aromatic carbocycles. The minimum Gasteiger partial charge on any atom is -0.506 e. The fourth-order valence-electron chi connectivity index (χ4n) is 5.95. The summed E-state index contributed by atoms with van der Waals surface area (Å²) in [6.45, 7) is 39.1. The molecule has 0 aliphatic rings. The van der Waals surface area contributed by atoms with Gasteiger partial charge in [-0.25, -0.2) is 0 Å². The lowest BCUT2D eigenvalue weighted by Crippen LogP contribution is -2.16. The Morgan fingerprint density at radius 1 is 0.397 bits per heavy atom. The molecule has 0 spiro atoms. The van der Waals surface area contributed by atoms with Crippen LogP contribution in [0.25, 0.3) is 0 Å². The van der Waals surface area contributed by atoms with E-state index in [9.17, 15) is 15.3 Å². The molecule has 0 aromatic heterocycles. The summed E-state index contributed by atoms with van der Waals surface area (Å²) < 4.78 is 0. The number of hydrogen-bond donors (Lipinski definition) is 3. The Kier molecular flexibility index (Phi) is 15.0. The Hall–Kier alpha value is -5.38. The van der Waals surface area contributed by atoms with Crippen LogP contribution in [0.5, 0.6) is 17.2 Å². The van der Waals surface area contributed by atoms with Crippen LogP contribution in [0.15, 0.2) is 69.6 Å². The van der Waals surface area contributed by atoms with E-state index in [1.54, 1.807) is 0 Å². The summed E-state index contributed by atoms with van der Waals surface area (Å²) in [5.41, 5.74) is 17.4. The molecule has 0 radical (unpaired) electrons. The third-order valence-corrected chi connectivity index (χ3v) is 12.5. The Labute approximate surface area is 382 Å². The van der Waals surface area contributed by atoms with Crippen LogP contribution >= 0.6 is 0 Å². The summed E-state index contributed by atoms with van der Waals surface area (Å²) in [6.07, 6.45) is 4.24. The largest absolute Gasteiger partial charge is 0.506 e. The van der Waals surface area contributed by atoms with E-state index in [2.05, 4.69) is 174 Å². The van der Waals surface area contributed by atoms with Gasteiger partial charge in [0.1, 0.15) is 41.5 Å². The quantitative estimate of drug-likeness (QED) is 0.102. The van der Waals surface area contributed by atoms with Gasteiger partial charge in [0.05, 0.1) is 33.8 Å². The van der Waals surface area contributed by atoms with E-state index in [4.69, 9.17) is 15.0 Å². The lowest BCUT2D eigenvalue weighted by molar-refractivity contribution is 0.425. The predicted molar refractivity (Wildman–Crippen MR) is 279 cm³/mol. The van der Waals surface area contributed by atoms with Crippen molar-refractivity contribution >= 4 is 59.9 Å². The fourth-order valence-corrected chi connectivity index (χ4v) is 7.48. The van der Waals surface area contributed by atoms with E-state index in [1.807, 2.05) is 36.4 Å². The zero-order valence-corrected chi connectivity index (χ0v) is 44.1. The summed E-state index contributed by atoms with van der Waals surface area (Å²) in [7, 11) is -5.26. The second-order valence-corrected chi connectivity index (χ2v) is 36.8. The maximum atomic E-state index is 12.0. The van der Waals surface area contributed by atoms with Crippen molar-refractivity contribution in [3.05, 3.63) is 105 Å². The average molecular weight is 892 g/mol. The van der Waals surface area contributed by atoms with Crippen LogP contribution in [0.4, 0.5) is 17.1 Å². The molecule has 0 aliphatic heterocycles. The van der Waals surface area contributed by atoms with Gasteiger partial charge in [-0.05, 0) is 69.3 Å². The standard InChI is InChI=1S/C54H69N3O3Si3/c1-52(2,3)40-19-22-46(37(31-40)25-28-61(10,11)12)55-34-43-49(58)44(35-56-47-23-20-41(53(4,5)6)32-38(47)26-29-62(13,14)15)51(60)45(50(43)59)36-57-48-24-21-42(54(7,8)9)33-39(48)27-30-63(16,17)18/h19-24,31-36,58-60H,1-18H3. The minimum absolute atomic E-state index is 0.0108. The van der Waals surface area contributed by atoms with Gasteiger partial charge in [0, 0.05) is 35.3 Å². The van der Waals surface area contributed by atoms with Crippen molar-refractivity contribution in [2.75, 3.05) is 0 Å². The second kappa shape index (κ2) is 18.8. The van der Waals surface area contributed by atoms with Gasteiger partial charge in [-0.2, -0.15) is 0 Å². The molecule has 0 saturated carbocycles. The van der Waals surface area contributed by atoms with Crippen LogP contribution in [0.1, 0.15) is 112 Å². The van der Waals surface area contributed by atoms with Gasteiger partial charge in [0.15, 0.2) is 0 Å². The molecule has 0 bridgehead atoms. The van der Waals surface area contributed by atoms with Crippen molar-refractivity contribution in [2.24, 2.45) is 15.0 Å². The Morgan fingerprint density at radius 3 is 0.810 bits per heavy atom. The van der Waals surface area contributed by atoms with Gasteiger partial charge in [-0.3, -0.25) is 15.0 Å². The highest BCUT2D eigenvalue weighted by Crippen LogP contribution is 2.41. The van der Waals surface area contributed by atoms with Crippen molar-refractivity contribution in [3.63, 3.8) is 0 Å². The van der Waals surface area contributed by atoms with E-state index in [0.717, 1.165) is 33.4 Å². The topological polar surface area (TPSA) is 97.8 Å². The highest BCUT2D eigenvalue weighted by Gasteiger charge is 2.23. The normalized spacial score (nSPS) is 12.9. The van der Waals surface area contributed by atoms with Gasteiger partial charge in [-0.1, -0.05) is 157 Å². The smallest absolute Gasteiger partial charge is 0.140 e. The third kappa shape index (κ3) is 14.3. The van der Waals surface area contributed by atoms with Crippen LogP contribution in [-0.4, -0.2) is 58.2 Å². The van der Waals surface area contributed by atoms with E-state index in [0.29, 0.717) is 17.1 Å². The van der Waals surface area contributed by atoms with Crippen molar-refractivity contribution in [1.29, 1.82) is 0 Å². The molecule has 0 saturated heterocycles. The molecule has 0 atom stereocenters. The molecule has 0 amide bonds. The summed E-state index contributed by atoms with van der Waals surface area (Å²) in [4.78, 5) is 14.5. The first-order valence-electron chi connectivity index (χ1n) is 21.7. The molecule has 0 fully saturated rings. The Balaban J connectivity index is 2.04. The summed E-state index contributed by atoms with van der Waals surface area (Å²) in [5, 5.41) is 35.9. The third-order valence-electron chi connectivity index (χ3n) is 9.83. The lowest BCUT2D eigenvalue weighted by Gasteiger charge is -2.20. The maximum Gasteiger partial charge on any atom is 0.140 e. The first kappa shape index (κ1) is 50.3. The van der Waals surface area contributed by atoms with Crippen molar-refractivity contribution in [2.45, 2.75) is 137 Å². The van der Waals surface area contributed by atoms with Crippen LogP contribution in [0, 0.1) is 34.4 Å². The number of hydrogen-bond acceptors (Lipinski definition) is 6. The molecule has 4 rings (SSSR count). The molecular weight excluding hydrogens is 823 g/mol. The van der Waals surface area contributed by atoms with Crippen LogP contribution in [0.2, 0.25) is 58.9 Å². The van der Waals surface area contributed by atoms with Gasteiger partial charge < -0.3 is 15.3 Å². The zero-order valence-electron chi connectivity index (χ0n) is 41.1. The molecule has 3 N–H and O–H groups in total. The minimum atomic E-state index is -1.75. The zero-order chi connectivity index (χ0) is 47.5. The highest BCUT2D eigenvalue weighted by atomic mass is 28.3. The molecule has 0 unspecified atom stereocenters. The van der Waals surface area contributed by atoms with Crippen LogP contribution in [-0.2, 0) is 16.2 Å². The van der Waals surface area contributed by atoms with Gasteiger partial charge in [0.25, 0.3) is 0 Å².